The van der Waals surface area contributed by atoms with Crippen LogP contribution in [-0.2, 0) is 6.18 Å². The standard InChI is InChI=1S/C24H24F3N5/c1-15-11-18(7-8-22(15)32-14-19-12-20(32)13-31(19)2)29-23-28-10-9-21(30-23)16-3-5-17(6-4-16)24(25,26)27/h3-11,19-20H,12-14H2,1-2H3,(H,28,29,30)/t19-,20-/m0/s1. The van der Waals surface area contributed by atoms with Crippen molar-refractivity contribution < 1.29 is 13.2 Å². The number of nitrogens with one attached hydrogen (secondary N) is 1. The van der Waals surface area contributed by atoms with Gasteiger partial charge >= 0.3 is 6.18 Å². The first kappa shape index (κ1) is 20.8. The van der Waals surface area contributed by atoms with Crippen LogP contribution in [0.5, 0.6) is 0 Å². The molecular weight excluding hydrogens is 415 g/mol. The van der Waals surface area contributed by atoms with Gasteiger partial charge in [0, 0.05) is 48.3 Å². The summed E-state index contributed by atoms with van der Waals surface area (Å²) in [4.78, 5) is 13.7. The fourth-order valence-corrected chi connectivity index (χ4v) is 4.76. The van der Waals surface area contributed by atoms with Crippen molar-refractivity contribution in [2.24, 2.45) is 0 Å². The summed E-state index contributed by atoms with van der Waals surface area (Å²) in [5.41, 5.74) is 3.80. The Bertz CT molecular complexity index is 1130. The maximum atomic E-state index is 12.8. The molecular formula is C24H24F3N5. The van der Waals surface area contributed by atoms with Gasteiger partial charge in [-0.2, -0.15) is 13.2 Å². The Morgan fingerprint density at radius 3 is 2.41 bits per heavy atom. The first-order valence-corrected chi connectivity index (χ1v) is 10.6. The lowest BCUT2D eigenvalue weighted by Gasteiger charge is -2.34. The summed E-state index contributed by atoms with van der Waals surface area (Å²) in [6, 6.07) is 14.1. The highest BCUT2D eigenvalue weighted by atomic mass is 19.4. The van der Waals surface area contributed by atoms with Gasteiger partial charge in [-0.3, -0.25) is 4.90 Å². The molecule has 5 rings (SSSR count). The van der Waals surface area contributed by atoms with E-state index < -0.39 is 11.7 Å². The van der Waals surface area contributed by atoms with Gasteiger partial charge in [0.15, 0.2) is 0 Å². The van der Waals surface area contributed by atoms with E-state index in [-0.39, 0.29) is 0 Å². The second-order valence-electron chi connectivity index (χ2n) is 8.60. The van der Waals surface area contributed by atoms with Crippen LogP contribution in [0.3, 0.4) is 0 Å². The van der Waals surface area contributed by atoms with E-state index in [9.17, 15) is 13.2 Å². The van der Waals surface area contributed by atoms with Crippen LogP contribution < -0.4 is 10.2 Å². The number of halogens is 3. The van der Waals surface area contributed by atoms with E-state index >= 15 is 0 Å². The van der Waals surface area contributed by atoms with E-state index in [1.165, 1.54) is 29.8 Å². The van der Waals surface area contributed by atoms with Crippen molar-refractivity contribution in [3.8, 4) is 11.3 Å². The third-order valence-electron chi connectivity index (χ3n) is 6.44. The molecule has 1 aromatic heterocycles. The van der Waals surface area contributed by atoms with Gasteiger partial charge in [-0.15, -0.1) is 0 Å². The number of benzene rings is 2. The molecule has 0 radical (unpaired) electrons. The first-order valence-electron chi connectivity index (χ1n) is 10.6. The number of piperazine rings is 1. The van der Waals surface area contributed by atoms with E-state index in [4.69, 9.17) is 0 Å². The molecule has 5 nitrogen and oxygen atoms in total. The van der Waals surface area contributed by atoms with E-state index in [1.807, 2.05) is 6.07 Å². The molecule has 2 bridgehead atoms. The van der Waals surface area contributed by atoms with Crippen LogP contribution in [0.15, 0.2) is 54.7 Å². The minimum atomic E-state index is -4.36. The van der Waals surface area contributed by atoms with Gasteiger partial charge in [0.25, 0.3) is 0 Å². The van der Waals surface area contributed by atoms with Crippen LogP contribution in [-0.4, -0.2) is 47.1 Å². The molecule has 2 atom stereocenters. The van der Waals surface area contributed by atoms with Crippen LogP contribution in [0.25, 0.3) is 11.3 Å². The number of alkyl halides is 3. The summed E-state index contributed by atoms with van der Waals surface area (Å²) in [6.07, 6.45) is -1.53. The Morgan fingerprint density at radius 1 is 1.00 bits per heavy atom. The number of rotatable bonds is 4. The normalized spacial score (nSPS) is 20.7. The molecule has 2 fully saturated rings. The van der Waals surface area contributed by atoms with Gasteiger partial charge in [0.05, 0.1) is 11.3 Å². The number of likely N-dealkylation sites (tertiary alicyclic amines) is 1. The summed E-state index contributed by atoms with van der Waals surface area (Å²) >= 11 is 0. The predicted molar refractivity (Wildman–Crippen MR) is 119 cm³/mol. The summed E-state index contributed by atoms with van der Waals surface area (Å²) in [7, 11) is 2.20. The number of hydrogen-bond acceptors (Lipinski definition) is 5. The summed E-state index contributed by atoms with van der Waals surface area (Å²) in [5, 5.41) is 3.22. The average Bonchev–Trinajstić information content (AvgIpc) is 3.33. The van der Waals surface area contributed by atoms with Crippen LogP contribution in [0.4, 0.5) is 30.5 Å². The highest BCUT2D eigenvalue weighted by molar-refractivity contribution is 5.66. The van der Waals surface area contributed by atoms with Gasteiger partial charge in [-0.05, 0) is 62.4 Å². The molecule has 0 aliphatic carbocycles. The molecule has 2 aromatic carbocycles. The number of anilines is 3. The highest BCUT2D eigenvalue weighted by Crippen LogP contribution is 2.36. The molecule has 0 unspecified atom stereocenters. The maximum Gasteiger partial charge on any atom is 0.416 e. The van der Waals surface area contributed by atoms with Crippen LogP contribution in [0.2, 0.25) is 0 Å². The predicted octanol–water partition coefficient (Wildman–Crippen LogP) is 5.11. The highest BCUT2D eigenvalue weighted by Gasteiger charge is 2.41. The fourth-order valence-electron chi connectivity index (χ4n) is 4.76. The number of aromatic nitrogens is 2. The van der Waals surface area contributed by atoms with E-state index in [0.717, 1.165) is 30.9 Å². The van der Waals surface area contributed by atoms with Gasteiger partial charge < -0.3 is 10.2 Å². The molecule has 2 aliphatic rings. The van der Waals surface area contributed by atoms with Crippen molar-refractivity contribution in [2.45, 2.75) is 31.6 Å². The minimum Gasteiger partial charge on any atom is -0.365 e. The largest absolute Gasteiger partial charge is 0.416 e. The average molecular weight is 439 g/mol. The Morgan fingerprint density at radius 2 is 1.78 bits per heavy atom. The first-order chi connectivity index (χ1) is 15.3. The van der Waals surface area contributed by atoms with Gasteiger partial charge in [-0.1, -0.05) is 12.1 Å². The van der Waals surface area contributed by atoms with Crippen molar-refractivity contribution >= 4 is 17.3 Å². The SMILES string of the molecule is Cc1cc(Nc2nccc(-c3ccc(C(F)(F)F)cc3)n2)ccc1N1C[C@@H]2C[C@H]1CN2C. The van der Waals surface area contributed by atoms with Crippen molar-refractivity contribution in [3.05, 3.63) is 65.9 Å². The molecule has 3 heterocycles. The van der Waals surface area contributed by atoms with Crippen molar-refractivity contribution in [1.29, 1.82) is 0 Å². The molecule has 2 aliphatic heterocycles. The molecule has 0 saturated carbocycles. The molecule has 0 amide bonds. The van der Waals surface area contributed by atoms with Gasteiger partial charge in [-0.25, -0.2) is 9.97 Å². The van der Waals surface area contributed by atoms with Gasteiger partial charge in [0.1, 0.15) is 0 Å². The Labute approximate surface area is 184 Å². The topological polar surface area (TPSA) is 44.3 Å². The van der Waals surface area contributed by atoms with E-state index in [2.05, 4.69) is 51.2 Å². The zero-order valence-corrected chi connectivity index (χ0v) is 17.9. The number of aryl methyl sites for hydroxylation is 1. The maximum absolute atomic E-state index is 12.8. The molecule has 2 saturated heterocycles. The third kappa shape index (κ3) is 3.90. The van der Waals surface area contributed by atoms with Gasteiger partial charge in [0.2, 0.25) is 5.95 Å². The van der Waals surface area contributed by atoms with Crippen molar-refractivity contribution in [1.82, 2.24) is 14.9 Å². The Hall–Kier alpha value is -3.13. The summed E-state index contributed by atoms with van der Waals surface area (Å²) < 4.78 is 38.4. The number of nitrogens with zero attached hydrogens (tertiary/aromatic N) is 4. The molecule has 32 heavy (non-hydrogen) atoms. The smallest absolute Gasteiger partial charge is 0.365 e. The molecule has 0 spiro atoms. The number of hydrogen-bond donors (Lipinski definition) is 1. The number of fused-ring (bicyclic) bond motifs is 2. The lowest BCUT2D eigenvalue weighted by molar-refractivity contribution is -0.137. The van der Waals surface area contributed by atoms with Crippen LogP contribution >= 0.6 is 0 Å². The second kappa shape index (κ2) is 7.78. The minimum absolute atomic E-state index is 0.399. The van der Waals surface area contributed by atoms with Crippen LogP contribution in [0, 0.1) is 6.92 Å². The quantitative estimate of drug-likeness (QED) is 0.612. The summed E-state index contributed by atoms with van der Waals surface area (Å²) in [6.45, 7) is 4.28. The zero-order valence-electron chi connectivity index (χ0n) is 17.9. The van der Waals surface area contributed by atoms with E-state index in [0.29, 0.717) is 29.3 Å². The lowest BCUT2D eigenvalue weighted by atomic mass is 10.1. The van der Waals surface area contributed by atoms with Crippen molar-refractivity contribution in [2.75, 3.05) is 30.4 Å². The fraction of sp³-hybridized carbons (Fsp3) is 0.333. The Kier molecular flexibility index (Phi) is 5.04. The lowest BCUT2D eigenvalue weighted by Crippen LogP contribution is -2.44. The van der Waals surface area contributed by atoms with Crippen LogP contribution in [0.1, 0.15) is 17.5 Å². The summed E-state index contributed by atoms with van der Waals surface area (Å²) in [5.74, 6) is 0.399. The molecule has 3 aromatic rings. The zero-order chi connectivity index (χ0) is 22.5. The van der Waals surface area contributed by atoms with Crippen molar-refractivity contribution in [3.63, 3.8) is 0 Å². The monoisotopic (exact) mass is 439 g/mol. The number of likely N-dealkylation sites (N-methyl/N-ethyl adjacent to an activating group) is 1. The Balaban J connectivity index is 1.32. The molecule has 166 valence electrons. The second-order valence-corrected chi connectivity index (χ2v) is 8.60. The van der Waals surface area contributed by atoms with E-state index in [1.54, 1.807) is 12.3 Å². The molecule has 8 heteroatoms. The third-order valence-corrected chi connectivity index (χ3v) is 6.44. The molecule has 1 N–H and O–H groups in total.